The van der Waals surface area contributed by atoms with Gasteiger partial charge in [-0.05, 0) is 24.4 Å². The predicted octanol–water partition coefficient (Wildman–Crippen LogP) is 0.627. The van der Waals surface area contributed by atoms with E-state index in [4.69, 9.17) is 5.73 Å². The molecule has 106 valence electrons. The minimum atomic E-state index is -1.09. The summed E-state index contributed by atoms with van der Waals surface area (Å²) in [5.41, 5.74) is 7.11. The Kier molecular flexibility index (Phi) is 4.05. The lowest BCUT2D eigenvalue weighted by Crippen LogP contribution is -2.48. The SMILES string of the molecule is C[C@H](N)C(=O)N[C@@H](Cc1cc2ccccc2[nH]1)C(=O)O. The summed E-state index contributed by atoms with van der Waals surface area (Å²) in [6, 6.07) is 7.80. The van der Waals surface area contributed by atoms with Gasteiger partial charge in [-0.2, -0.15) is 0 Å². The molecule has 0 aliphatic heterocycles. The van der Waals surface area contributed by atoms with Gasteiger partial charge >= 0.3 is 5.97 Å². The van der Waals surface area contributed by atoms with Gasteiger partial charge in [0.2, 0.25) is 5.91 Å². The Balaban J connectivity index is 2.15. The van der Waals surface area contributed by atoms with Gasteiger partial charge in [-0.15, -0.1) is 0 Å². The molecule has 0 saturated carbocycles. The molecule has 6 heteroatoms. The van der Waals surface area contributed by atoms with Crippen molar-refractivity contribution in [1.29, 1.82) is 0 Å². The molecule has 0 fully saturated rings. The summed E-state index contributed by atoms with van der Waals surface area (Å²) in [4.78, 5) is 25.9. The number of aliphatic carboxylic acids is 1. The second-order valence-electron chi connectivity index (χ2n) is 4.77. The molecule has 0 unspecified atom stereocenters. The van der Waals surface area contributed by atoms with Crippen molar-refractivity contribution < 1.29 is 14.7 Å². The molecule has 0 radical (unpaired) electrons. The highest BCUT2D eigenvalue weighted by molar-refractivity contribution is 5.87. The van der Waals surface area contributed by atoms with Crippen molar-refractivity contribution in [2.24, 2.45) is 5.73 Å². The highest BCUT2D eigenvalue weighted by atomic mass is 16.4. The molecule has 1 aromatic heterocycles. The summed E-state index contributed by atoms with van der Waals surface area (Å²) in [6.07, 6.45) is 0.183. The molecule has 0 bridgehead atoms. The molecule has 5 N–H and O–H groups in total. The number of amides is 1. The number of carbonyl (C=O) groups is 2. The Morgan fingerprint density at radius 1 is 1.40 bits per heavy atom. The Bertz CT molecular complexity index is 600. The molecule has 2 rings (SSSR count). The number of nitrogens with two attached hydrogens (primary N) is 1. The van der Waals surface area contributed by atoms with E-state index in [0.717, 1.165) is 16.6 Å². The molecule has 2 atom stereocenters. The van der Waals surface area contributed by atoms with Crippen LogP contribution in [0.2, 0.25) is 0 Å². The Morgan fingerprint density at radius 2 is 2.10 bits per heavy atom. The van der Waals surface area contributed by atoms with Gasteiger partial charge in [-0.1, -0.05) is 18.2 Å². The average Bonchev–Trinajstić information content (AvgIpc) is 2.79. The number of carboxylic acid groups (broad SMARTS) is 1. The van der Waals surface area contributed by atoms with E-state index in [0.29, 0.717) is 0 Å². The van der Waals surface area contributed by atoms with Crippen LogP contribution >= 0.6 is 0 Å². The Morgan fingerprint density at radius 3 is 2.70 bits per heavy atom. The van der Waals surface area contributed by atoms with Gasteiger partial charge in [0.1, 0.15) is 6.04 Å². The Labute approximate surface area is 116 Å². The first-order valence-electron chi connectivity index (χ1n) is 6.33. The van der Waals surface area contributed by atoms with Gasteiger partial charge in [0.15, 0.2) is 0 Å². The van der Waals surface area contributed by atoms with Crippen LogP contribution in [0.4, 0.5) is 0 Å². The van der Waals surface area contributed by atoms with Crippen LogP contribution in [0.15, 0.2) is 30.3 Å². The minimum absolute atomic E-state index is 0.183. The van der Waals surface area contributed by atoms with E-state index in [2.05, 4.69) is 10.3 Å². The maximum Gasteiger partial charge on any atom is 0.326 e. The number of nitrogens with one attached hydrogen (secondary N) is 2. The van der Waals surface area contributed by atoms with E-state index >= 15 is 0 Å². The number of carbonyl (C=O) groups excluding carboxylic acids is 1. The van der Waals surface area contributed by atoms with Crippen molar-refractivity contribution in [3.63, 3.8) is 0 Å². The first-order chi connectivity index (χ1) is 9.47. The highest BCUT2D eigenvalue weighted by Gasteiger charge is 2.22. The maximum atomic E-state index is 11.5. The third-order valence-electron chi connectivity index (χ3n) is 3.04. The first-order valence-corrected chi connectivity index (χ1v) is 6.33. The number of hydrogen-bond acceptors (Lipinski definition) is 3. The smallest absolute Gasteiger partial charge is 0.326 e. The molecular weight excluding hydrogens is 258 g/mol. The number of aromatic amines is 1. The zero-order valence-corrected chi connectivity index (χ0v) is 11.1. The zero-order valence-electron chi connectivity index (χ0n) is 11.1. The van der Waals surface area contributed by atoms with E-state index in [1.54, 1.807) is 0 Å². The van der Waals surface area contributed by atoms with Gasteiger partial charge in [0.05, 0.1) is 6.04 Å². The van der Waals surface area contributed by atoms with Crippen LogP contribution in [-0.2, 0) is 16.0 Å². The van der Waals surface area contributed by atoms with Gasteiger partial charge in [0, 0.05) is 17.6 Å². The molecule has 6 nitrogen and oxygen atoms in total. The molecule has 20 heavy (non-hydrogen) atoms. The molecule has 0 aliphatic rings. The van der Waals surface area contributed by atoms with Crippen molar-refractivity contribution >= 4 is 22.8 Å². The summed E-state index contributed by atoms with van der Waals surface area (Å²) in [6.45, 7) is 1.51. The van der Waals surface area contributed by atoms with Crippen molar-refractivity contribution in [2.75, 3.05) is 0 Å². The van der Waals surface area contributed by atoms with Crippen molar-refractivity contribution in [3.05, 3.63) is 36.0 Å². The van der Waals surface area contributed by atoms with Crippen LogP contribution in [0.25, 0.3) is 10.9 Å². The standard InChI is InChI=1S/C14H17N3O3/c1-8(15)13(18)17-12(14(19)20)7-10-6-9-4-2-3-5-11(9)16-10/h2-6,8,12,16H,7,15H2,1H3,(H,17,18)(H,19,20)/t8-,12-/m0/s1. The molecule has 0 spiro atoms. The van der Waals surface area contributed by atoms with Crippen molar-refractivity contribution in [3.8, 4) is 0 Å². The van der Waals surface area contributed by atoms with Crippen LogP contribution in [-0.4, -0.2) is 34.1 Å². The van der Waals surface area contributed by atoms with Crippen LogP contribution < -0.4 is 11.1 Å². The predicted molar refractivity (Wildman–Crippen MR) is 75.2 cm³/mol. The molecule has 2 aromatic rings. The lowest BCUT2D eigenvalue weighted by atomic mass is 10.1. The topological polar surface area (TPSA) is 108 Å². The van der Waals surface area contributed by atoms with E-state index < -0.39 is 24.0 Å². The van der Waals surface area contributed by atoms with Gasteiger partial charge < -0.3 is 21.1 Å². The second-order valence-corrected chi connectivity index (χ2v) is 4.77. The van der Waals surface area contributed by atoms with Crippen molar-refractivity contribution in [1.82, 2.24) is 10.3 Å². The lowest BCUT2D eigenvalue weighted by molar-refractivity contribution is -0.141. The quantitative estimate of drug-likeness (QED) is 0.641. The maximum absolute atomic E-state index is 11.5. The third-order valence-corrected chi connectivity index (χ3v) is 3.04. The van der Waals surface area contributed by atoms with E-state index in [1.165, 1.54) is 6.92 Å². The monoisotopic (exact) mass is 275 g/mol. The van der Waals surface area contributed by atoms with E-state index in [1.807, 2.05) is 30.3 Å². The number of fused-ring (bicyclic) bond motifs is 1. The fraction of sp³-hybridized carbons (Fsp3) is 0.286. The highest BCUT2D eigenvalue weighted by Crippen LogP contribution is 2.15. The summed E-state index contributed by atoms with van der Waals surface area (Å²) >= 11 is 0. The number of hydrogen-bond donors (Lipinski definition) is 4. The van der Waals surface area contributed by atoms with Crippen molar-refractivity contribution in [2.45, 2.75) is 25.4 Å². The fourth-order valence-corrected chi connectivity index (χ4v) is 1.97. The van der Waals surface area contributed by atoms with Gasteiger partial charge in [0.25, 0.3) is 0 Å². The third kappa shape index (κ3) is 3.16. The zero-order chi connectivity index (χ0) is 14.7. The molecule has 0 aliphatic carbocycles. The summed E-state index contributed by atoms with van der Waals surface area (Å²) < 4.78 is 0. The fourth-order valence-electron chi connectivity index (χ4n) is 1.97. The van der Waals surface area contributed by atoms with Crippen LogP contribution in [0.5, 0.6) is 0 Å². The molecule has 1 aromatic carbocycles. The van der Waals surface area contributed by atoms with Gasteiger partial charge in [-0.3, -0.25) is 4.79 Å². The summed E-state index contributed by atoms with van der Waals surface area (Å²) in [7, 11) is 0. The average molecular weight is 275 g/mol. The number of para-hydroxylation sites is 1. The largest absolute Gasteiger partial charge is 0.480 e. The number of H-pyrrole nitrogens is 1. The Hall–Kier alpha value is -2.34. The summed E-state index contributed by atoms with van der Waals surface area (Å²) in [5.74, 6) is -1.56. The van der Waals surface area contributed by atoms with E-state index in [9.17, 15) is 14.7 Å². The molecule has 0 saturated heterocycles. The van der Waals surface area contributed by atoms with E-state index in [-0.39, 0.29) is 6.42 Å². The minimum Gasteiger partial charge on any atom is -0.480 e. The molecule has 1 amide bonds. The number of rotatable bonds is 5. The number of aromatic nitrogens is 1. The lowest BCUT2D eigenvalue weighted by Gasteiger charge is -2.15. The van der Waals surface area contributed by atoms with Crippen LogP contribution in [0.1, 0.15) is 12.6 Å². The second kappa shape index (κ2) is 5.75. The van der Waals surface area contributed by atoms with Crippen LogP contribution in [0, 0.1) is 0 Å². The normalized spacial score (nSPS) is 13.9. The number of carboxylic acids is 1. The summed E-state index contributed by atoms with van der Waals surface area (Å²) in [5, 5.41) is 12.6. The number of benzene rings is 1. The van der Waals surface area contributed by atoms with Gasteiger partial charge in [-0.25, -0.2) is 4.79 Å². The molecular formula is C14H17N3O3. The molecule has 1 heterocycles. The van der Waals surface area contributed by atoms with Crippen LogP contribution in [0.3, 0.4) is 0 Å². The first kappa shape index (κ1) is 14.1.